The summed E-state index contributed by atoms with van der Waals surface area (Å²) in [5.74, 6) is -0.0506. The number of imide groups is 1. The van der Waals surface area contributed by atoms with Crippen LogP contribution in [0.1, 0.15) is 18.1 Å². The van der Waals surface area contributed by atoms with Gasteiger partial charge in [-0.3, -0.25) is 19.3 Å². The number of nitrogens with one attached hydrogen (secondary N) is 1. The number of amides is 3. The van der Waals surface area contributed by atoms with Crippen LogP contribution in [0, 0.1) is 0 Å². The lowest BCUT2D eigenvalue weighted by atomic mass is 10.1. The van der Waals surface area contributed by atoms with Gasteiger partial charge in [0.2, 0.25) is 5.91 Å². The van der Waals surface area contributed by atoms with E-state index in [2.05, 4.69) is 21.2 Å². The Hall–Kier alpha value is -3.27. The third-order valence-corrected chi connectivity index (χ3v) is 7.00. The van der Waals surface area contributed by atoms with Crippen molar-refractivity contribution < 1.29 is 23.9 Å². The maximum absolute atomic E-state index is 12.9. The fourth-order valence-electron chi connectivity index (χ4n) is 3.49. The Balaban J connectivity index is 1.49. The van der Waals surface area contributed by atoms with E-state index in [9.17, 15) is 14.4 Å². The first-order chi connectivity index (χ1) is 17.9. The Kier molecular flexibility index (Phi) is 8.91. The van der Waals surface area contributed by atoms with E-state index in [-0.39, 0.29) is 4.91 Å². The van der Waals surface area contributed by atoms with Crippen molar-refractivity contribution in [1.82, 2.24) is 4.90 Å². The number of hydrogen-bond donors (Lipinski definition) is 1. The van der Waals surface area contributed by atoms with Crippen molar-refractivity contribution in [2.24, 2.45) is 0 Å². The number of carbonyl (C=O) groups is 3. The van der Waals surface area contributed by atoms with Gasteiger partial charge in [0.25, 0.3) is 11.1 Å². The highest BCUT2D eigenvalue weighted by Crippen LogP contribution is 2.39. The van der Waals surface area contributed by atoms with Gasteiger partial charge >= 0.3 is 0 Å². The van der Waals surface area contributed by atoms with E-state index in [0.29, 0.717) is 45.5 Å². The Morgan fingerprint density at radius 1 is 1.08 bits per heavy atom. The second kappa shape index (κ2) is 12.3. The maximum Gasteiger partial charge on any atom is 0.294 e. The fraction of sp³-hybridized carbons (Fsp3) is 0.148. The molecule has 3 aromatic carbocycles. The lowest BCUT2D eigenvalue weighted by Crippen LogP contribution is -2.36. The number of thioether (sulfide) groups is 1. The molecule has 1 saturated heterocycles. The predicted octanol–water partition coefficient (Wildman–Crippen LogP) is 6.76. The molecule has 0 spiro atoms. The van der Waals surface area contributed by atoms with Gasteiger partial charge < -0.3 is 14.8 Å². The number of anilines is 1. The van der Waals surface area contributed by atoms with Crippen molar-refractivity contribution in [2.45, 2.75) is 13.5 Å². The largest absolute Gasteiger partial charge is 0.490 e. The molecule has 3 amide bonds. The van der Waals surface area contributed by atoms with E-state index >= 15 is 0 Å². The van der Waals surface area contributed by atoms with Crippen LogP contribution in [0.3, 0.4) is 0 Å². The lowest BCUT2D eigenvalue weighted by Gasteiger charge is -2.15. The molecular formula is C27H22BrClN2O5S. The molecule has 3 aromatic rings. The summed E-state index contributed by atoms with van der Waals surface area (Å²) in [5, 5.41) is 2.45. The minimum atomic E-state index is -0.553. The van der Waals surface area contributed by atoms with Gasteiger partial charge in [-0.25, -0.2) is 0 Å². The molecular weight excluding hydrogens is 580 g/mol. The number of nitrogens with zero attached hydrogens (tertiary/aromatic N) is 1. The van der Waals surface area contributed by atoms with Gasteiger partial charge in [0.05, 0.1) is 26.7 Å². The smallest absolute Gasteiger partial charge is 0.294 e. The SMILES string of the molecule is CCOc1cc(/C=C2/SC(=O)N(CC(=O)Nc3ccccc3Cl)C2=O)cc(Br)c1OCc1ccccc1. The van der Waals surface area contributed by atoms with Gasteiger partial charge in [0.15, 0.2) is 11.5 Å². The van der Waals surface area contributed by atoms with E-state index in [4.69, 9.17) is 21.1 Å². The molecule has 1 aliphatic rings. The van der Waals surface area contributed by atoms with E-state index in [0.717, 1.165) is 22.2 Å². The standard InChI is InChI=1S/C27H22BrClN2O5S/c1-2-35-22-13-18(12-19(28)25(22)36-16-17-8-4-3-5-9-17)14-23-26(33)31(27(34)37-23)15-24(32)30-21-11-7-6-10-20(21)29/h3-14H,2,15-16H2,1H3,(H,30,32)/b23-14+. The summed E-state index contributed by atoms with van der Waals surface area (Å²) < 4.78 is 12.4. The molecule has 0 aliphatic carbocycles. The first-order valence-electron chi connectivity index (χ1n) is 11.3. The molecule has 0 aromatic heterocycles. The zero-order valence-electron chi connectivity index (χ0n) is 19.7. The molecule has 4 rings (SSSR count). The summed E-state index contributed by atoms with van der Waals surface area (Å²) in [4.78, 5) is 39.0. The zero-order valence-corrected chi connectivity index (χ0v) is 22.9. The van der Waals surface area contributed by atoms with Gasteiger partial charge in [0, 0.05) is 0 Å². The van der Waals surface area contributed by atoms with Gasteiger partial charge in [-0.1, -0.05) is 54.1 Å². The molecule has 1 N–H and O–H groups in total. The molecule has 37 heavy (non-hydrogen) atoms. The Morgan fingerprint density at radius 3 is 2.54 bits per heavy atom. The summed E-state index contributed by atoms with van der Waals surface area (Å²) >= 11 is 10.4. The quantitative estimate of drug-likeness (QED) is 0.273. The number of para-hydroxylation sites is 1. The second-order valence-corrected chi connectivity index (χ2v) is 10.1. The molecule has 0 saturated carbocycles. The molecule has 190 valence electrons. The van der Waals surface area contributed by atoms with Crippen LogP contribution in [0.4, 0.5) is 10.5 Å². The first-order valence-corrected chi connectivity index (χ1v) is 13.3. The highest BCUT2D eigenvalue weighted by atomic mass is 79.9. The van der Waals surface area contributed by atoms with Gasteiger partial charge in [-0.05, 0) is 76.1 Å². The van der Waals surface area contributed by atoms with E-state index < -0.39 is 23.6 Å². The van der Waals surface area contributed by atoms with Crippen LogP contribution in [0.5, 0.6) is 11.5 Å². The van der Waals surface area contributed by atoms with E-state index in [1.54, 1.807) is 42.5 Å². The molecule has 1 heterocycles. The first kappa shape index (κ1) is 26.8. The van der Waals surface area contributed by atoms with Crippen LogP contribution in [-0.2, 0) is 16.2 Å². The fourth-order valence-corrected chi connectivity index (χ4v) is 5.08. The summed E-state index contributed by atoms with van der Waals surface area (Å²) in [6, 6.07) is 20.0. The predicted molar refractivity (Wildman–Crippen MR) is 149 cm³/mol. The van der Waals surface area contributed by atoms with Crippen LogP contribution in [0.25, 0.3) is 6.08 Å². The number of hydrogen-bond acceptors (Lipinski definition) is 6. The minimum Gasteiger partial charge on any atom is -0.490 e. The molecule has 0 radical (unpaired) electrons. The summed E-state index contributed by atoms with van der Waals surface area (Å²) in [6.45, 7) is 2.20. The molecule has 1 aliphatic heterocycles. The third-order valence-electron chi connectivity index (χ3n) is 5.18. The average Bonchev–Trinajstić information content (AvgIpc) is 3.13. The van der Waals surface area contributed by atoms with Crippen LogP contribution in [-0.4, -0.2) is 35.1 Å². The summed E-state index contributed by atoms with van der Waals surface area (Å²) in [6.07, 6.45) is 1.59. The summed E-state index contributed by atoms with van der Waals surface area (Å²) in [7, 11) is 0. The number of ether oxygens (including phenoxy) is 2. The molecule has 7 nitrogen and oxygen atoms in total. The number of benzene rings is 3. The van der Waals surface area contributed by atoms with Crippen LogP contribution >= 0.6 is 39.3 Å². The molecule has 0 bridgehead atoms. The number of carbonyl (C=O) groups excluding carboxylic acids is 3. The van der Waals surface area contributed by atoms with Gasteiger partial charge in [0.1, 0.15) is 13.2 Å². The zero-order chi connectivity index (χ0) is 26.4. The molecule has 1 fully saturated rings. The van der Waals surface area contributed by atoms with Gasteiger partial charge in [-0.2, -0.15) is 0 Å². The minimum absolute atomic E-state index is 0.197. The van der Waals surface area contributed by atoms with Crippen LogP contribution in [0.2, 0.25) is 5.02 Å². The monoisotopic (exact) mass is 600 g/mol. The van der Waals surface area contributed by atoms with E-state index in [1.807, 2.05) is 37.3 Å². The van der Waals surface area contributed by atoms with Gasteiger partial charge in [-0.15, -0.1) is 0 Å². The topological polar surface area (TPSA) is 84.9 Å². The molecule has 0 atom stereocenters. The highest BCUT2D eigenvalue weighted by Gasteiger charge is 2.36. The Labute approximate surface area is 231 Å². The Morgan fingerprint density at radius 2 is 1.81 bits per heavy atom. The Bertz CT molecular complexity index is 1370. The third kappa shape index (κ3) is 6.74. The van der Waals surface area contributed by atoms with E-state index in [1.165, 1.54) is 0 Å². The van der Waals surface area contributed by atoms with Crippen LogP contribution in [0.15, 0.2) is 76.1 Å². The van der Waals surface area contributed by atoms with Crippen molar-refractivity contribution >= 4 is 68.1 Å². The summed E-state index contributed by atoms with van der Waals surface area (Å²) in [5.41, 5.74) is 2.04. The maximum atomic E-state index is 12.9. The molecule has 0 unspecified atom stereocenters. The lowest BCUT2D eigenvalue weighted by molar-refractivity contribution is -0.127. The van der Waals surface area contributed by atoms with Crippen molar-refractivity contribution in [3.8, 4) is 11.5 Å². The highest BCUT2D eigenvalue weighted by molar-refractivity contribution is 9.10. The normalized spacial score (nSPS) is 14.2. The van der Waals surface area contributed by atoms with Crippen molar-refractivity contribution in [3.05, 3.63) is 92.3 Å². The van der Waals surface area contributed by atoms with Crippen molar-refractivity contribution in [1.29, 1.82) is 0 Å². The number of halogens is 2. The van der Waals surface area contributed by atoms with Crippen molar-refractivity contribution in [3.63, 3.8) is 0 Å². The molecule has 10 heteroatoms. The van der Waals surface area contributed by atoms with Crippen LogP contribution < -0.4 is 14.8 Å². The second-order valence-electron chi connectivity index (χ2n) is 7.83. The average molecular weight is 602 g/mol. The number of rotatable bonds is 9. The van der Waals surface area contributed by atoms with Crippen molar-refractivity contribution in [2.75, 3.05) is 18.5 Å².